The second-order valence-electron chi connectivity index (χ2n) is 4.70. The number of halogens is 3. The van der Waals surface area contributed by atoms with Crippen molar-refractivity contribution in [2.75, 3.05) is 0 Å². The van der Waals surface area contributed by atoms with Crippen LogP contribution in [-0.2, 0) is 13.8 Å². The molecule has 8 heteroatoms. The summed E-state index contributed by atoms with van der Waals surface area (Å²) in [6.45, 7) is 4.84. The van der Waals surface area contributed by atoms with Crippen LogP contribution >= 0.6 is 26.6 Å². The molecule has 0 heterocycles. The maximum Gasteiger partial charge on any atom is 0.341 e. The predicted molar refractivity (Wildman–Crippen MR) is 72.3 cm³/mol. The second-order valence-corrected chi connectivity index (χ2v) is 8.09. The van der Waals surface area contributed by atoms with E-state index in [1.807, 2.05) is 0 Å². The molecular formula is C11H11BrClFO4S. The number of ether oxygens (including phenoxy) is 1. The zero-order valence-electron chi connectivity index (χ0n) is 10.3. The highest BCUT2D eigenvalue weighted by Gasteiger charge is 2.25. The molecule has 1 rings (SSSR count). The molecule has 1 aromatic carbocycles. The molecule has 0 N–H and O–H groups in total. The van der Waals surface area contributed by atoms with Crippen LogP contribution in [0.1, 0.15) is 31.1 Å². The van der Waals surface area contributed by atoms with Gasteiger partial charge in [0.1, 0.15) is 11.4 Å². The predicted octanol–water partition coefficient (Wildman–Crippen LogP) is 3.47. The number of hydrogen-bond acceptors (Lipinski definition) is 4. The lowest BCUT2D eigenvalue weighted by Gasteiger charge is -2.19. The Morgan fingerprint density at radius 2 is 1.89 bits per heavy atom. The Balaban J connectivity index is 3.34. The number of benzene rings is 1. The molecule has 0 bridgehead atoms. The minimum Gasteiger partial charge on any atom is -0.456 e. The van der Waals surface area contributed by atoms with Gasteiger partial charge in [-0.05, 0) is 48.8 Å². The fraction of sp³-hybridized carbons (Fsp3) is 0.364. The highest BCUT2D eigenvalue weighted by molar-refractivity contribution is 9.10. The third-order valence-electron chi connectivity index (χ3n) is 1.90. The molecule has 4 nitrogen and oxygen atoms in total. The minimum absolute atomic E-state index is 0.0627. The molecule has 19 heavy (non-hydrogen) atoms. The Morgan fingerprint density at radius 1 is 1.37 bits per heavy atom. The van der Waals surface area contributed by atoms with Crippen molar-refractivity contribution in [1.82, 2.24) is 0 Å². The first-order valence-electron chi connectivity index (χ1n) is 5.09. The highest BCUT2D eigenvalue weighted by Crippen LogP contribution is 2.29. The van der Waals surface area contributed by atoms with Crippen molar-refractivity contribution in [3.8, 4) is 0 Å². The molecule has 0 unspecified atom stereocenters. The van der Waals surface area contributed by atoms with Gasteiger partial charge in [-0.15, -0.1) is 0 Å². The van der Waals surface area contributed by atoms with Gasteiger partial charge < -0.3 is 4.74 Å². The van der Waals surface area contributed by atoms with Crippen molar-refractivity contribution in [2.24, 2.45) is 0 Å². The summed E-state index contributed by atoms with van der Waals surface area (Å²) in [6.07, 6.45) is 0. The molecule has 0 radical (unpaired) electrons. The topological polar surface area (TPSA) is 60.4 Å². The molecule has 0 saturated heterocycles. The van der Waals surface area contributed by atoms with Crippen LogP contribution in [0.3, 0.4) is 0 Å². The van der Waals surface area contributed by atoms with Crippen LogP contribution in [0.4, 0.5) is 4.39 Å². The number of hydrogen-bond donors (Lipinski definition) is 0. The Morgan fingerprint density at radius 3 is 2.32 bits per heavy atom. The van der Waals surface area contributed by atoms with Gasteiger partial charge in [0, 0.05) is 15.2 Å². The molecule has 0 aliphatic rings. The number of esters is 1. The third-order valence-corrected chi connectivity index (χ3v) is 4.18. The summed E-state index contributed by atoms with van der Waals surface area (Å²) in [4.78, 5) is 11.4. The van der Waals surface area contributed by atoms with E-state index in [9.17, 15) is 17.6 Å². The molecular weight excluding hydrogens is 363 g/mol. The molecule has 0 atom stereocenters. The lowest BCUT2D eigenvalue weighted by Crippen LogP contribution is -2.24. The van der Waals surface area contributed by atoms with Crippen molar-refractivity contribution in [3.63, 3.8) is 0 Å². The molecule has 106 valence electrons. The summed E-state index contributed by atoms with van der Waals surface area (Å²) in [5.74, 6) is -1.86. The van der Waals surface area contributed by atoms with Crippen LogP contribution < -0.4 is 0 Å². The molecule has 0 aliphatic carbocycles. The molecule has 0 saturated carbocycles. The first-order valence-corrected chi connectivity index (χ1v) is 8.19. The van der Waals surface area contributed by atoms with Gasteiger partial charge in [-0.2, -0.15) is 0 Å². The van der Waals surface area contributed by atoms with Crippen LogP contribution in [-0.4, -0.2) is 20.0 Å². The van der Waals surface area contributed by atoms with Gasteiger partial charge in [-0.1, -0.05) is 0 Å². The fourth-order valence-corrected chi connectivity index (χ4v) is 3.37. The smallest absolute Gasteiger partial charge is 0.341 e. The van der Waals surface area contributed by atoms with Crippen LogP contribution in [0, 0.1) is 5.82 Å². The van der Waals surface area contributed by atoms with Gasteiger partial charge in [-0.25, -0.2) is 17.6 Å². The van der Waals surface area contributed by atoms with Gasteiger partial charge in [-0.3, -0.25) is 0 Å². The Kier molecular flexibility index (Phi) is 4.64. The third kappa shape index (κ3) is 4.43. The highest BCUT2D eigenvalue weighted by atomic mass is 79.9. The molecule has 0 spiro atoms. The summed E-state index contributed by atoms with van der Waals surface area (Å²) in [7, 11) is 1.09. The minimum atomic E-state index is -4.10. The van der Waals surface area contributed by atoms with Crippen molar-refractivity contribution >= 4 is 41.6 Å². The van der Waals surface area contributed by atoms with E-state index >= 15 is 0 Å². The number of rotatable bonds is 2. The molecule has 0 aromatic heterocycles. The maximum absolute atomic E-state index is 13.7. The van der Waals surface area contributed by atoms with Crippen molar-refractivity contribution in [1.29, 1.82) is 0 Å². The van der Waals surface area contributed by atoms with Gasteiger partial charge in [0.15, 0.2) is 0 Å². The second kappa shape index (κ2) is 5.38. The van der Waals surface area contributed by atoms with E-state index in [0.717, 1.165) is 12.1 Å². The average molecular weight is 374 g/mol. The normalized spacial score (nSPS) is 12.3. The van der Waals surface area contributed by atoms with Crippen LogP contribution in [0.5, 0.6) is 0 Å². The summed E-state index contributed by atoms with van der Waals surface area (Å²) >= 11 is 2.87. The lowest BCUT2D eigenvalue weighted by atomic mass is 10.1. The van der Waals surface area contributed by atoms with Crippen molar-refractivity contribution in [2.45, 2.75) is 31.3 Å². The van der Waals surface area contributed by atoms with E-state index in [1.165, 1.54) is 0 Å². The van der Waals surface area contributed by atoms with Crippen LogP contribution in [0.25, 0.3) is 0 Å². The van der Waals surface area contributed by atoms with Gasteiger partial charge >= 0.3 is 5.97 Å². The first kappa shape index (κ1) is 16.4. The SMILES string of the molecule is CC(C)(C)OC(=O)c1cc(S(=O)(=O)Cl)c(Br)cc1F. The quantitative estimate of drug-likeness (QED) is 0.588. The molecule has 1 aromatic rings. The van der Waals surface area contributed by atoms with E-state index < -0.39 is 36.9 Å². The maximum atomic E-state index is 13.7. The lowest BCUT2D eigenvalue weighted by molar-refractivity contribution is 0.00644. The molecule has 0 fully saturated rings. The van der Waals surface area contributed by atoms with Gasteiger partial charge in [0.25, 0.3) is 9.05 Å². The van der Waals surface area contributed by atoms with E-state index in [4.69, 9.17) is 15.4 Å². The first-order chi connectivity index (χ1) is 8.42. The fourth-order valence-electron chi connectivity index (χ4n) is 1.21. The number of carbonyl (C=O) groups is 1. The Labute approximate surface area is 123 Å². The number of carbonyl (C=O) groups excluding carboxylic acids is 1. The van der Waals surface area contributed by atoms with Gasteiger partial charge in [0.2, 0.25) is 0 Å². The zero-order valence-corrected chi connectivity index (χ0v) is 13.5. The van der Waals surface area contributed by atoms with E-state index in [0.29, 0.717) is 0 Å². The van der Waals surface area contributed by atoms with Crippen molar-refractivity contribution < 1.29 is 22.3 Å². The zero-order chi connectivity index (χ0) is 15.0. The Hall–Kier alpha value is -0.660. The van der Waals surface area contributed by atoms with Crippen LogP contribution in [0.15, 0.2) is 21.5 Å². The molecule has 0 aliphatic heterocycles. The van der Waals surface area contributed by atoms with Crippen molar-refractivity contribution in [3.05, 3.63) is 28.0 Å². The Bertz CT molecular complexity index is 622. The van der Waals surface area contributed by atoms with E-state index in [1.54, 1.807) is 20.8 Å². The summed E-state index contributed by atoms with van der Waals surface area (Å²) in [5.41, 5.74) is -1.31. The van der Waals surface area contributed by atoms with E-state index in [2.05, 4.69) is 15.9 Å². The monoisotopic (exact) mass is 372 g/mol. The van der Waals surface area contributed by atoms with E-state index in [-0.39, 0.29) is 4.47 Å². The largest absolute Gasteiger partial charge is 0.456 e. The van der Waals surface area contributed by atoms with Gasteiger partial charge in [0.05, 0.1) is 10.5 Å². The average Bonchev–Trinajstić information content (AvgIpc) is 2.11. The summed E-state index contributed by atoms with van der Waals surface area (Å²) in [5, 5.41) is 0. The summed E-state index contributed by atoms with van der Waals surface area (Å²) in [6, 6.07) is 1.70. The molecule has 0 amide bonds. The summed E-state index contributed by atoms with van der Waals surface area (Å²) < 4.78 is 41.2. The standard InChI is InChI=1S/C11H11BrClFO4S/c1-11(2,3)18-10(15)6-4-9(19(13,16)17)7(12)5-8(6)14/h4-5H,1-3H3. The van der Waals surface area contributed by atoms with Crippen LogP contribution in [0.2, 0.25) is 0 Å².